The number of rotatable bonds is 2. The first-order valence-electron chi connectivity index (χ1n) is 16.5. The summed E-state index contributed by atoms with van der Waals surface area (Å²) in [5.74, 6) is 0. The molecule has 9 aromatic carbocycles. The third-order valence-corrected chi connectivity index (χ3v) is 11.5. The summed E-state index contributed by atoms with van der Waals surface area (Å²) in [6.07, 6.45) is 0. The first-order chi connectivity index (χ1) is 23.8. The highest BCUT2D eigenvalue weighted by Gasteiger charge is 2.24. The van der Waals surface area contributed by atoms with Crippen LogP contribution in [0.15, 0.2) is 164 Å². The number of nitrogens with zero attached hydrogens (tertiary/aromatic N) is 1. The predicted octanol–water partition coefficient (Wildman–Crippen LogP) is 13.4. The molecule has 0 saturated heterocycles. The van der Waals surface area contributed by atoms with E-state index in [0.717, 1.165) is 0 Å². The zero-order valence-electron chi connectivity index (χ0n) is 25.9. The Bertz CT molecular complexity index is 3120. The van der Waals surface area contributed by atoms with Crippen LogP contribution in [-0.2, 0) is 0 Å². The SMILES string of the molecule is c1cc(-c2ccc3ccccc3c2)cc(-n2c3ccccc3c3c4c5ccccc5c5ccccc5c4c4c5ccccc5sc4c32)c1. The number of aromatic nitrogens is 1. The van der Waals surface area contributed by atoms with E-state index in [1.54, 1.807) is 0 Å². The van der Waals surface area contributed by atoms with Gasteiger partial charge in [0.15, 0.2) is 0 Å². The Hall–Kier alpha value is -5.96. The molecular weight excluding hydrogens is 599 g/mol. The molecule has 0 bridgehead atoms. The van der Waals surface area contributed by atoms with Gasteiger partial charge in [0.05, 0.1) is 15.7 Å². The van der Waals surface area contributed by atoms with E-state index in [-0.39, 0.29) is 0 Å². The topological polar surface area (TPSA) is 4.93 Å². The normalized spacial score (nSPS) is 12.2. The molecule has 0 aliphatic rings. The van der Waals surface area contributed by atoms with Gasteiger partial charge in [-0.2, -0.15) is 0 Å². The molecule has 0 amide bonds. The lowest BCUT2D eigenvalue weighted by Gasteiger charge is -2.15. The number of fused-ring (bicyclic) bond motifs is 16. The van der Waals surface area contributed by atoms with Crippen molar-refractivity contribution >= 4 is 96.4 Å². The Morgan fingerprint density at radius 3 is 1.77 bits per heavy atom. The molecule has 11 rings (SSSR count). The van der Waals surface area contributed by atoms with Crippen LogP contribution < -0.4 is 0 Å². The van der Waals surface area contributed by atoms with Crippen molar-refractivity contribution in [2.75, 3.05) is 0 Å². The average Bonchev–Trinajstić information content (AvgIpc) is 3.71. The lowest BCUT2D eigenvalue weighted by molar-refractivity contribution is 1.19. The minimum Gasteiger partial charge on any atom is -0.308 e. The Kier molecular flexibility index (Phi) is 5.32. The first kappa shape index (κ1) is 26.1. The van der Waals surface area contributed by atoms with Gasteiger partial charge in [-0.1, -0.05) is 133 Å². The monoisotopic (exact) mass is 625 g/mol. The van der Waals surface area contributed by atoms with Gasteiger partial charge in [-0.15, -0.1) is 11.3 Å². The second kappa shape index (κ2) is 9.78. The lowest BCUT2D eigenvalue weighted by atomic mass is 9.89. The van der Waals surface area contributed by atoms with Crippen LogP contribution >= 0.6 is 11.3 Å². The molecule has 0 aliphatic carbocycles. The van der Waals surface area contributed by atoms with Gasteiger partial charge >= 0.3 is 0 Å². The van der Waals surface area contributed by atoms with Crippen LogP contribution in [0.25, 0.3) is 102 Å². The Balaban J connectivity index is 1.37. The van der Waals surface area contributed by atoms with Gasteiger partial charge in [0.1, 0.15) is 0 Å². The minimum atomic E-state index is 1.18. The summed E-state index contributed by atoms with van der Waals surface area (Å²) in [5, 5.41) is 15.8. The van der Waals surface area contributed by atoms with Crippen molar-refractivity contribution in [3.8, 4) is 16.8 Å². The fourth-order valence-corrected chi connectivity index (χ4v) is 9.54. The molecule has 0 spiro atoms. The Morgan fingerprint density at radius 2 is 0.979 bits per heavy atom. The number of para-hydroxylation sites is 1. The minimum absolute atomic E-state index is 1.18. The van der Waals surface area contributed by atoms with Gasteiger partial charge in [-0.25, -0.2) is 0 Å². The van der Waals surface area contributed by atoms with Gasteiger partial charge in [0, 0.05) is 42.7 Å². The molecule has 0 unspecified atom stereocenters. The van der Waals surface area contributed by atoms with Crippen LogP contribution in [0.3, 0.4) is 0 Å². The quantitative estimate of drug-likeness (QED) is 0.168. The number of hydrogen-bond acceptors (Lipinski definition) is 1. The van der Waals surface area contributed by atoms with E-state index in [9.17, 15) is 0 Å². The largest absolute Gasteiger partial charge is 0.308 e. The van der Waals surface area contributed by atoms with Crippen LogP contribution in [-0.4, -0.2) is 4.57 Å². The Morgan fingerprint density at radius 1 is 0.375 bits per heavy atom. The molecule has 11 aromatic rings. The average molecular weight is 626 g/mol. The smallest absolute Gasteiger partial charge is 0.0726 e. The van der Waals surface area contributed by atoms with Crippen molar-refractivity contribution in [1.82, 2.24) is 4.57 Å². The van der Waals surface area contributed by atoms with E-state index in [2.05, 4.69) is 168 Å². The highest BCUT2D eigenvalue weighted by Crippen LogP contribution is 2.51. The molecule has 1 nitrogen and oxygen atoms in total. The molecule has 48 heavy (non-hydrogen) atoms. The standard InChI is InChI=1S/C46H27NS/c1-2-13-29-26-31(25-24-28(29)12-1)30-14-11-15-32(27-30)47-39-22-9-7-20-37(39)43-41-35-18-5-3-16-33(35)34-17-4-6-19-36(34)42(41)44-38-21-8-10-23-40(38)48-46(44)45(43)47/h1-27H. The Labute approximate surface area is 280 Å². The summed E-state index contributed by atoms with van der Waals surface area (Å²) in [6, 6.07) is 60.5. The van der Waals surface area contributed by atoms with Crippen LogP contribution in [0.5, 0.6) is 0 Å². The van der Waals surface area contributed by atoms with Crippen molar-refractivity contribution in [3.05, 3.63) is 164 Å². The highest BCUT2D eigenvalue weighted by atomic mass is 32.1. The molecule has 0 N–H and O–H groups in total. The first-order valence-corrected chi connectivity index (χ1v) is 17.3. The van der Waals surface area contributed by atoms with Gasteiger partial charge < -0.3 is 4.57 Å². The molecule has 0 fully saturated rings. The second-order valence-electron chi connectivity index (χ2n) is 12.8. The van der Waals surface area contributed by atoms with Gasteiger partial charge in [0.2, 0.25) is 0 Å². The van der Waals surface area contributed by atoms with Gasteiger partial charge in [0.25, 0.3) is 0 Å². The van der Waals surface area contributed by atoms with E-state index < -0.39 is 0 Å². The van der Waals surface area contributed by atoms with Crippen molar-refractivity contribution in [1.29, 1.82) is 0 Å². The van der Waals surface area contributed by atoms with E-state index in [1.165, 1.54) is 102 Å². The number of thiophene rings is 1. The summed E-state index contributed by atoms with van der Waals surface area (Å²) in [4.78, 5) is 0. The van der Waals surface area contributed by atoms with Crippen LogP contribution in [0.1, 0.15) is 0 Å². The third-order valence-electron chi connectivity index (χ3n) is 10.3. The lowest BCUT2D eigenvalue weighted by Crippen LogP contribution is -1.95. The molecule has 0 radical (unpaired) electrons. The summed E-state index contributed by atoms with van der Waals surface area (Å²) in [7, 11) is 0. The summed E-state index contributed by atoms with van der Waals surface area (Å²) >= 11 is 1.93. The maximum atomic E-state index is 2.54. The van der Waals surface area contributed by atoms with E-state index in [0.29, 0.717) is 0 Å². The maximum Gasteiger partial charge on any atom is 0.0726 e. The van der Waals surface area contributed by atoms with Crippen molar-refractivity contribution in [3.63, 3.8) is 0 Å². The fraction of sp³-hybridized carbons (Fsp3) is 0. The summed E-state index contributed by atoms with van der Waals surface area (Å²) < 4.78 is 5.20. The number of benzene rings is 9. The van der Waals surface area contributed by atoms with E-state index in [4.69, 9.17) is 0 Å². The fourth-order valence-electron chi connectivity index (χ4n) is 8.29. The molecule has 0 saturated carbocycles. The molecule has 2 aromatic heterocycles. The molecule has 2 heterocycles. The van der Waals surface area contributed by atoms with Gasteiger partial charge in [-0.05, 0) is 73.8 Å². The maximum absolute atomic E-state index is 2.54. The van der Waals surface area contributed by atoms with Crippen LogP contribution in [0.2, 0.25) is 0 Å². The van der Waals surface area contributed by atoms with Crippen molar-refractivity contribution < 1.29 is 0 Å². The summed E-state index contributed by atoms with van der Waals surface area (Å²) in [6.45, 7) is 0. The van der Waals surface area contributed by atoms with E-state index in [1.807, 2.05) is 11.3 Å². The third kappa shape index (κ3) is 3.50. The van der Waals surface area contributed by atoms with Crippen LogP contribution in [0, 0.1) is 0 Å². The molecular formula is C46H27NS. The van der Waals surface area contributed by atoms with Crippen molar-refractivity contribution in [2.45, 2.75) is 0 Å². The van der Waals surface area contributed by atoms with Gasteiger partial charge in [-0.3, -0.25) is 0 Å². The highest BCUT2D eigenvalue weighted by molar-refractivity contribution is 7.27. The van der Waals surface area contributed by atoms with Crippen molar-refractivity contribution in [2.24, 2.45) is 0 Å². The predicted molar refractivity (Wildman–Crippen MR) is 209 cm³/mol. The molecule has 0 atom stereocenters. The number of hydrogen-bond donors (Lipinski definition) is 0. The zero-order chi connectivity index (χ0) is 31.3. The zero-order valence-corrected chi connectivity index (χ0v) is 26.8. The molecule has 0 aliphatic heterocycles. The van der Waals surface area contributed by atoms with Crippen LogP contribution in [0.4, 0.5) is 0 Å². The molecule has 222 valence electrons. The summed E-state index contributed by atoms with van der Waals surface area (Å²) in [5.41, 5.74) is 6.14. The molecule has 2 heteroatoms. The van der Waals surface area contributed by atoms with E-state index >= 15 is 0 Å². The second-order valence-corrected chi connectivity index (χ2v) is 13.9.